The number of halogens is 2. The first-order valence-corrected chi connectivity index (χ1v) is 8.46. The van der Waals surface area contributed by atoms with Crippen LogP contribution in [0.3, 0.4) is 0 Å². The molecule has 8 heteroatoms. The van der Waals surface area contributed by atoms with Gasteiger partial charge in [0.25, 0.3) is 10.0 Å². The molecule has 0 atom stereocenters. The fourth-order valence-corrected chi connectivity index (χ4v) is 3.58. The molecule has 112 valence electrons. The van der Waals surface area contributed by atoms with Crippen LogP contribution in [0.25, 0.3) is 0 Å². The van der Waals surface area contributed by atoms with Gasteiger partial charge in [-0.2, -0.15) is 0 Å². The summed E-state index contributed by atoms with van der Waals surface area (Å²) in [6, 6.07) is 8.08. The highest BCUT2D eigenvalue weighted by molar-refractivity contribution is 7.99. The molecule has 0 aliphatic heterocycles. The maximum atomic E-state index is 13.7. The number of hydrogen-bond donors (Lipinski definition) is 2. The molecule has 0 aliphatic rings. The molecule has 0 aromatic heterocycles. The van der Waals surface area contributed by atoms with Crippen molar-refractivity contribution in [3.8, 4) is 0 Å². The first-order valence-electron chi connectivity index (χ1n) is 5.75. The zero-order valence-corrected chi connectivity index (χ0v) is 12.6. The fourth-order valence-electron chi connectivity index (χ4n) is 1.76. The van der Waals surface area contributed by atoms with Gasteiger partial charge in [-0.25, -0.2) is 17.2 Å². The Labute approximate surface area is 125 Å². The van der Waals surface area contributed by atoms with Gasteiger partial charge in [-0.15, -0.1) is 11.8 Å². The molecule has 0 unspecified atom stereocenters. The predicted molar refractivity (Wildman–Crippen MR) is 79.8 cm³/mol. The zero-order chi connectivity index (χ0) is 15.6. The molecule has 2 aromatic carbocycles. The number of rotatable bonds is 4. The average molecular weight is 330 g/mol. The lowest BCUT2D eigenvalue weighted by molar-refractivity contribution is 0.522. The molecule has 0 spiro atoms. The molecule has 0 radical (unpaired) electrons. The summed E-state index contributed by atoms with van der Waals surface area (Å²) in [4.78, 5) is -0.412. The summed E-state index contributed by atoms with van der Waals surface area (Å²) in [5, 5.41) is 0. The van der Waals surface area contributed by atoms with Gasteiger partial charge in [0.05, 0.1) is 5.69 Å². The van der Waals surface area contributed by atoms with Crippen LogP contribution in [0.5, 0.6) is 0 Å². The monoisotopic (exact) mass is 330 g/mol. The van der Waals surface area contributed by atoms with Crippen LogP contribution in [-0.2, 0) is 10.0 Å². The molecule has 4 nitrogen and oxygen atoms in total. The van der Waals surface area contributed by atoms with E-state index in [0.717, 1.165) is 12.1 Å². The lowest BCUT2D eigenvalue weighted by Gasteiger charge is -2.12. The summed E-state index contributed by atoms with van der Waals surface area (Å²) in [5.41, 5.74) is 5.34. The zero-order valence-electron chi connectivity index (χ0n) is 10.9. The standard InChI is InChI=1S/C13H12F2N2O2S2/c1-20-12-5-3-2-4-11(12)17-21(18,19)13-9(14)6-8(16)7-10(13)15/h2-7,17H,16H2,1H3. The van der Waals surface area contributed by atoms with Crippen molar-refractivity contribution in [2.75, 3.05) is 16.7 Å². The van der Waals surface area contributed by atoms with Crippen LogP contribution in [0, 0.1) is 11.6 Å². The van der Waals surface area contributed by atoms with Gasteiger partial charge in [-0.1, -0.05) is 12.1 Å². The summed E-state index contributed by atoms with van der Waals surface area (Å²) < 4.78 is 54.0. The van der Waals surface area contributed by atoms with Gasteiger partial charge < -0.3 is 5.73 Å². The third-order valence-electron chi connectivity index (χ3n) is 2.64. The molecule has 21 heavy (non-hydrogen) atoms. The van der Waals surface area contributed by atoms with Crippen LogP contribution >= 0.6 is 11.8 Å². The third-order valence-corrected chi connectivity index (χ3v) is 4.85. The van der Waals surface area contributed by atoms with E-state index in [1.807, 2.05) is 0 Å². The maximum absolute atomic E-state index is 13.7. The van der Waals surface area contributed by atoms with Gasteiger partial charge in [0.15, 0.2) is 4.90 Å². The molecule has 0 heterocycles. The van der Waals surface area contributed by atoms with E-state index >= 15 is 0 Å². The largest absolute Gasteiger partial charge is 0.399 e. The SMILES string of the molecule is CSc1ccccc1NS(=O)(=O)c1c(F)cc(N)cc1F. The first-order chi connectivity index (χ1) is 9.85. The Kier molecular flexibility index (Phi) is 4.38. The van der Waals surface area contributed by atoms with E-state index in [9.17, 15) is 17.2 Å². The lowest BCUT2D eigenvalue weighted by Crippen LogP contribution is -2.17. The molecular formula is C13H12F2N2O2S2. The van der Waals surface area contributed by atoms with Crippen molar-refractivity contribution in [2.45, 2.75) is 9.79 Å². The van der Waals surface area contributed by atoms with Crippen molar-refractivity contribution in [3.63, 3.8) is 0 Å². The second-order valence-corrected chi connectivity index (χ2v) is 6.59. The van der Waals surface area contributed by atoms with E-state index in [0.29, 0.717) is 4.90 Å². The molecule has 0 bridgehead atoms. The number of nitrogens with two attached hydrogens (primary N) is 1. The number of thioether (sulfide) groups is 1. The summed E-state index contributed by atoms with van der Waals surface area (Å²) in [6.45, 7) is 0. The normalized spacial score (nSPS) is 11.4. The van der Waals surface area contributed by atoms with E-state index in [1.165, 1.54) is 17.8 Å². The quantitative estimate of drug-likeness (QED) is 0.667. The Balaban J connectivity index is 2.49. The second kappa shape index (κ2) is 5.90. The van der Waals surface area contributed by atoms with E-state index in [4.69, 9.17) is 5.73 Å². The van der Waals surface area contributed by atoms with Gasteiger partial charge in [-0.05, 0) is 30.5 Å². The van der Waals surface area contributed by atoms with Crippen LogP contribution in [0.1, 0.15) is 0 Å². The summed E-state index contributed by atoms with van der Waals surface area (Å²) in [7, 11) is -4.39. The first kappa shape index (κ1) is 15.6. The molecule has 0 amide bonds. The second-order valence-electron chi connectivity index (χ2n) is 4.12. The Morgan fingerprint density at radius 2 is 1.71 bits per heavy atom. The maximum Gasteiger partial charge on any atom is 0.267 e. The van der Waals surface area contributed by atoms with Crippen molar-refractivity contribution < 1.29 is 17.2 Å². The number of para-hydroxylation sites is 1. The van der Waals surface area contributed by atoms with E-state index in [1.54, 1.807) is 24.5 Å². The highest BCUT2D eigenvalue weighted by atomic mass is 32.2. The van der Waals surface area contributed by atoms with Crippen LogP contribution in [0.4, 0.5) is 20.2 Å². The van der Waals surface area contributed by atoms with E-state index < -0.39 is 26.6 Å². The van der Waals surface area contributed by atoms with E-state index in [-0.39, 0.29) is 11.4 Å². The van der Waals surface area contributed by atoms with Crippen molar-refractivity contribution in [1.82, 2.24) is 0 Å². The van der Waals surface area contributed by atoms with Crippen molar-refractivity contribution in [1.29, 1.82) is 0 Å². The average Bonchev–Trinajstić information content (AvgIpc) is 2.37. The highest BCUT2D eigenvalue weighted by Crippen LogP contribution is 2.29. The number of anilines is 2. The topological polar surface area (TPSA) is 72.2 Å². The molecule has 0 fully saturated rings. The van der Waals surface area contributed by atoms with Crippen LogP contribution in [0.15, 0.2) is 46.2 Å². The number of hydrogen-bond acceptors (Lipinski definition) is 4. The number of sulfonamides is 1. The van der Waals surface area contributed by atoms with Crippen LogP contribution < -0.4 is 10.5 Å². The summed E-state index contributed by atoms with van der Waals surface area (Å²) in [5.74, 6) is -2.47. The minimum absolute atomic E-state index is 0.187. The molecule has 0 saturated carbocycles. The Morgan fingerprint density at radius 1 is 1.14 bits per heavy atom. The van der Waals surface area contributed by atoms with Gasteiger partial charge in [0.1, 0.15) is 11.6 Å². The number of benzene rings is 2. The van der Waals surface area contributed by atoms with Crippen molar-refractivity contribution >= 4 is 33.2 Å². The molecule has 2 aromatic rings. The molecule has 0 saturated heterocycles. The summed E-state index contributed by atoms with van der Waals surface area (Å²) >= 11 is 1.31. The third kappa shape index (κ3) is 3.27. The number of nitrogens with one attached hydrogen (secondary N) is 1. The van der Waals surface area contributed by atoms with Gasteiger partial charge in [-0.3, -0.25) is 4.72 Å². The molecule has 2 rings (SSSR count). The van der Waals surface area contributed by atoms with Crippen LogP contribution in [-0.4, -0.2) is 14.7 Å². The lowest BCUT2D eigenvalue weighted by atomic mass is 10.3. The molecule has 3 N–H and O–H groups in total. The smallest absolute Gasteiger partial charge is 0.267 e. The Hall–Kier alpha value is -1.80. The van der Waals surface area contributed by atoms with Crippen LogP contribution in [0.2, 0.25) is 0 Å². The van der Waals surface area contributed by atoms with Crippen molar-refractivity contribution in [3.05, 3.63) is 48.0 Å². The van der Waals surface area contributed by atoms with Gasteiger partial charge >= 0.3 is 0 Å². The summed E-state index contributed by atoms with van der Waals surface area (Å²) in [6.07, 6.45) is 1.76. The predicted octanol–water partition coefficient (Wildman–Crippen LogP) is 3.07. The Morgan fingerprint density at radius 3 is 2.29 bits per heavy atom. The minimum Gasteiger partial charge on any atom is -0.399 e. The van der Waals surface area contributed by atoms with E-state index in [2.05, 4.69) is 4.72 Å². The van der Waals surface area contributed by atoms with Gasteiger partial charge in [0, 0.05) is 10.6 Å². The number of nitrogen functional groups attached to an aromatic ring is 1. The molecule has 0 aliphatic carbocycles. The fraction of sp³-hybridized carbons (Fsp3) is 0.0769. The Bertz CT molecular complexity index is 756. The van der Waals surface area contributed by atoms with Crippen molar-refractivity contribution in [2.24, 2.45) is 0 Å². The van der Waals surface area contributed by atoms with Gasteiger partial charge in [0.2, 0.25) is 0 Å². The minimum atomic E-state index is -4.39. The molecular weight excluding hydrogens is 318 g/mol. The highest BCUT2D eigenvalue weighted by Gasteiger charge is 2.25.